The number of hydrogen-bond donors (Lipinski definition) is 2. The molecule has 0 aliphatic heterocycles. The molecule has 0 aliphatic carbocycles. The van der Waals surface area contributed by atoms with Crippen molar-refractivity contribution < 1.29 is 4.79 Å². The van der Waals surface area contributed by atoms with Crippen molar-refractivity contribution in [1.29, 1.82) is 0 Å². The van der Waals surface area contributed by atoms with Crippen LogP contribution in [0.5, 0.6) is 0 Å². The van der Waals surface area contributed by atoms with Gasteiger partial charge in [-0.15, -0.1) is 16.8 Å². The van der Waals surface area contributed by atoms with E-state index in [4.69, 9.17) is 5.84 Å². The van der Waals surface area contributed by atoms with Crippen LogP contribution >= 0.6 is 27.7 Å². The number of halogens is 1. The average Bonchev–Trinajstić information content (AvgIpc) is 2.84. The van der Waals surface area contributed by atoms with Gasteiger partial charge in [-0.1, -0.05) is 45.9 Å². The molecule has 0 unspecified atom stereocenters. The Kier molecular flexibility index (Phi) is 5.40. The van der Waals surface area contributed by atoms with E-state index in [2.05, 4.69) is 38.0 Å². The van der Waals surface area contributed by atoms with Crippen LogP contribution in [0.4, 0.5) is 0 Å². The van der Waals surface area contributed by atoms with Crippen molar-refractivity contribution in [3.05, 3.63) is 41.4 Å². The summed E-state index contributed by atoms with van der Waals surface area (Å²) in [5, 5.41) is 11.3. The molecule has 21 heavy (non-hydrogen) atoms. The molecule has 0 saturated carbocycles. The third-order valence-corrected chi connectivity index (χ3v) is 4.19. The summed E-state index contributed by atoms with van der Waals surface area (Å²) < 4.78 is 2.26. The van der Waals surface area contributed by atoms with Gasteiger partial charge in [-0.05, 0) is 12.1 Å². The highest BCUT2D eigenvalue weighted by Gasteiger charge is 2.15. The van der Waals surface area contributed by atoms with E-state index in [1.54, 1.807) is 6.08 Å². The number of amides is 1. The number of nitrogen functional groups attached to an aromatic ring is 1. The van der Waals surface area contributed by atoms with Crippen LogP contribution in [-0.2, 0) is 4.79 Å². The third kappa shape index (κ3) is 3.85. The maximum Gasteiger partial charge on any atom is 0.230 e. The van der Waals surface area contributed by atoms with Crippen LogP contribution in [0.1, 0.15) is 0 Å². The van der Waals surface area contributed by atoms with Gasteiger partial charge in [-0.3, -0.25) is 4.79 Å². The van der Waals surface area contributed by atoms with E-state index < -0.39 is 0 Å². The number of carbonyl (C=O) groups excluding carboxylic acids is 1. The van der Waals surface area contributed by atoms with Gasteiger partial charge in [0.15, 0.2) is 5.82 Å². The zero-order valence-electron chi connectivity index (χ0n) is 11.1. The molecule has 0 fully saturated rings. The Hall–Kier alpha value is -1.80. The van der Waals surface area contributed by atoms with Crippen molar-refractivity contribution in [3.63, 3.8) is 0 Å². The van der Waals surface area contributed by atoms with Gasteiger partial charge in [0.1, 0.15) is 0 Å². The highest BCUT2D eigenvalue weighted by Crippen LogP contribution is 2.27. The molecule has 0 atom stereocenters. The lowest BCUT2D eigenvalue weighted by molar-refractivity contribution is -0.118. The maximum absolute atomic E-state index is 11.5. The van der Waals surface area contributed by atoms with Gasteiger partial charge in [0.2, 0.25) is 11.1 Å². The first-order chi connectivity index (χ1) is 10.1. The largest absolute Gasteiger partial charge is 0.352 e. The van der Waals surface area contributed by atoms with E-state index in [1.165, 1.54) is 16.4 Å². The molecule has 0 aliphatic rings. The number of benzene rings is 1. The molecule has 0 spiro atoms. The molecule has 2 rings (SSSR count). The van der Waals surface area contributed by atoms with Gasteiger partial charge in [0.25, 0.3) is 0 Å². The van der Waals surface area contributed by atoms with E-state index in [0.717, 1.165) is 10.0 Å². The monoisotopic (exact) mass is 367 g/mol. The molecule has 0 radical (unpaired) electrons. The first-order valence-electron chi connectivity index (χ1n) is 6.09. The summed E-state index contributed by atoms with van der Waals surface area (Å²) in [6.07, 6.45) is 1.62. The summed E-state index contributed by atoms with van der Waals surface area (Å²) in [5.74, 6) is 6.65. The zero-order valence-corrected chi connectivity index (χ0v) is 13.5. The van der Waals surface area contributed by atoms with Crippen LogP contribution in [-0.4, -0.2) is 33.1 Å². The summed E-state index contributed by atoms with van der Waals surface area (Å²) in [4.78, 5) is 11.5. The fourth-order valence-electron chi connectivity index (χ4n) is 1.57. The quantitative estimate of drug-likeness (QED) is 0.462. The second-order valence-corrected chi connectivity index (χ2v) is 5.83. The molecule has 1 heterocycles. The van der Waals surface area contributed by atoms with Crippen LogP contribution < -0.4 is 11.2 Å². The van der Waals surface area contributed by atoms with Crippen molar-refractivity contribution >= 4 is 33.6 Å². The van der Waals surface area contributed by atoms with Gasteiger partial charge in [-0.25, -0.2) is 4.68 Å². The highest BCUT2D eigenvalue weighted by atomic mass is 79.9. The smallest absolute Gasteiger partial charge is 0.230 e. The van der Waals surface area contributed by atoms with Crippen molar-refractivity contribution in [2.45, 2.75) is 5.16 Å². The molecule has 1 aromatic heterocycles. The zero-order chi connectivity index (χ0) is 15.2. The minimum atomic E-state index is -0.106. The molecule has 0 bridgehead atoms. The fraction of sp³-hybridized carbons (Fsp3) is 0.154. The van der Waals surface area contributed by atoms with Crippen LogP contribution in [0.2, 0.25) is 0 Å². The first kappa shape index (κ1) is 15.6. The summed E-state index contributed by atoms with van der Waals surface area (Å²) in [7, 11) is 0. The van der Waals surface area contributed by atoms with Crippen LogP contribution in [0, 0.1) is 0 Å². The average molecular weight is 368 g/mol. The van der Waals surface area contributed by atoms with Gasteiger partial charge < -0.3 is 11.2 Å². The normalized spacial score (nSPS) is 10.3. The van der Waals surface area contributed by atoms with Crippen molar-refractivity contribution in [3.8, 4) is 11.4 Å². The van der Waals surface area contributed by atoms with Crippen LogP contribution in [0.15, 0.2) is 46.5 Å². The van der Waals surface area contributed by atoms with E-state index >= 15 is 0 Å². The lowest BCUT2D eigenvalue weighted by Gasteiger charge is -2.05. The number of carbonyl (C=O) groups is 1. The predicted molar refractivity (Wildman–Crippen MR) is 87.2 cm³/mol. The van der Waals surface area contributed by atoms with Crippen LogP contribution in [0.3, 0.4) is 0 Å². The van der Waals surface area contributed by atoms with Crippen molar-refractivity contribution in [1.82, 2.24) is 20.2 Å². The molecule has 8 heteroatoms. The summed E-state index contributed by atoms with van der Waals surface area (Å²) in [5.41, 5.74) is 0.843. The summed E-state index contributed by atoms with van der Waals surface area (Å²) in [6, 6.07) is 7.59. The lowest BCUT2D eigenvalue weighted by atomic mass is 10.2. The number of rotatable bonds is 6. The number of thioether (sulfide) groups is 1. The molecule has 0 saturated heterocycles. The van der Waals surface area contributed by atoms with Crippen LogP contribution in [0.25, 0.3) is 11.4 Å². The van der Waals surface area contributed by atoms with E-state index in [1.807, 2.05) is 24.3 Å². The maximum atomic E-state index is 11.5. The lowest BCUT2D eigenvalue weighted by Crippen LogP contribution is -2.25. The van der Waals surface area contributed by atoms with E-state index in [-0.39, 0.29) is 11.7 Å². The minimum Gasteiger partial charge on any atom is -0.352 e. The molecular formula is C13H14BrN5OS. The molecule has 1 amide bonds. The second-order valence-electron chi connectivity index (χ2n) is 4.04. The Labute approximate surface area is 134 Å². The SMILES string of the molecule is C=CCNC(=O)CSc1nnc(-c2ccccc2Br)n1N. The fourth-order valence-corrected chi connectivity index (χ4v) is 2.72. The summed E-state index contributed by atoms with van der Waals surface area (Å²) in [6.45, 7) is 3.98. The van der Waals surface area contributed by atoms with Crippen molar-refractivity contribution in [2.24, 2.45) is 0 Å². The highest BCUT2D eigenvalue weighted by molar-refractivity contribution is 9.10. The number of aromatic nitrogens is 3. The molecule has 110 valence electrons. The number of nitrogens with zero attached hydrogens (tertiary/aromatic N) is 3. The first-order valence-corrected chi connectivity index (χ1v) is 7.87. The Morgan fingerprint density at radius 2 is 2.24 bits per heavy atom. The van der Waals surface area contributed by atoms with Gasteiger partial charge in [-0.2, -0.15) is 0 Å². The standard InChI is InChI=1S/C13H14BrN5OS/c1-2-7-16-11(20)8-21-13-18-17-12(19(13)15)9-5-3-4-6-10(9)14/h2-6H,1,7-8,15H2,(H,16,20). The molecule has 2 aromatic rings. The third-order valence-electron chi connectivity index (χ3n) is 2.56. The van der Waals surface area contributed by atoms with Crippen molar-refractivity contribution in [2.75, 3.05) is 18.1 Å². The second kappa shape index (κ2) is 7.28. The Morgan fingerprint density at radius 1 is 1.48 bits per heavy atom. The Morgan fingerprint density at radius 3 is 2.95 bits per heavy atom. The van der Waals surface area contributed by atoms with Gasteiger partial charge in [0, 0.05) is 16.6 Å². The molecular weight excluding hydrogens is 354 g/mol. The number of nitrogens with two attached hydrogens (primary N) is 1. The molecule has 1 aromatic carbocycles. The van der Waals surface area contributed by atoms with Gasteiger partial charge in [0.05, 0.1) is 5.75 Å². The Bertz CT molecular complexity index is 658. The van der Waals surface area contributed by atoms with E-state index in [9.17, 15) is 4.79 Å². The minimum absolute atomic E-state index is 0.106. The number of nitrogens with one attached hydrogen (secondary N) is 1. The number of hydrogen-bond acceptors (Lipinski definition) is 5. The molecule has 6 nitrogen and oxygen atoms in total. The molecule has 3 N–H and O–H groups in total. The topological polar surface area (TPSA) is 85.8 Å². The summed E-state index contributed by atoms with van der Waals surface area (Å²) >= 11 is 4.68. The van der Waals surface area contributed by atoms with Gasteiger partial charge >= 0.3 is 0 Å². The Balaban J connectivity index is 2.09. The predicted octanol–water partition coefficient (Wildman–Crippen LogP) is 1.82. The van der Waals surface area contributed by atoms with E-state index in [0.29, 0.717) is 17.5 Å².